The van der Waals surface area contributed by atoms with E-state index in [1.165, 1.54) is 4.90 Å². The quantitative estimate of drug-likeness (QED) is 0.728. The number of ether oxygens (including phenoxy) is 1. The van der Waals surface area contributed by atoms with Crippen LogP contribution in [0.5, 0.6) is 0 Å². The highest BCUT2D eigenvalue weighted by atomic mass is 32.2. The van der Waals surface area contributed by atoms with Crippen LogP contribution in [-0.2, 0) is 26.0 Å². The molecule has 1 aromatic carbocycles. The van der Waals surface area contributed by atoms with Crippen molar-refractivity contribution in [1.29, 1.82) is 0 Å². The summed E-state index contributed by atoms with van der Waals surface area (Å²) in [5.41, 5.74) is 1.27. The average Bonchev–Trinajstić information content (AvgIpc) is 2.52. The summed E-state index contributed by atoms with van der Waals surface area (Å²) in [6.45, 7) is 2.39. The van der Waals surface area contributed by atoms with Crippen LogP contribution < -0.4 is 4.72 Å². The lowest BCUT2D eigenvalue weighted by atomic mass is 9.92. The first-order valence-electron chi connectivity index (χ1n) is 7.76. The summed E-state index contributed by atoms with van der Waals surface area (Å²) in [6, 6.07) is 7.91. The topological polar surface area (TPSA) is 95.9 Å². The largest absolute Gasteiger partial charge is 0.393 e. The standard InChI is InChI=1S/C16H24N2O5S/c1-13-4-3-5-14(8-13)9-16(12-19)11-18(6-7-23-16)15(20)10-17-24(2,21)22/h3-5,8,17,19H,6-7,9-12H2,1-2H3/t16-/m1/s1. The van der Waals surface area contributed by atoms with Crippen molar-refractivity contribution in [3.63, 3.8) is 0 Å². The monoisotopic (exact) mass is 356 g/mol. The van der Waals surface area contributed by atoms with Crippen molar-refractivity contribution in [3.8, 4) is 0 Å². The second kappa shape index (κ2) is 7.60. The molecule has 134 valence electrons. The van der Waals surface area contributed by atoms with Gasteiger partial charge in [0.15, 0.2) is 0 Å². The van der Waals surface area contributed by atoms with E-state index in [0.717, 1.165) is 17.4 Å². The number of sulfonamides is 1. The first kappa shape index (κ1) is 18.9. The van der Waals surface area contributed by atoms with Gasteiger partial charge >= 0.3 is 0 Å². The van der Waals surface area contributed by atoms with Gasteiger partial charge in [-0.25, -0.2) is 13.1 Å². The first-order chi connectivity index (χ1) is 11.2. The maximum absolute atomic E-state index is 12.2. The lowest BCUT2D eigenvalue weighted by Gasteiger charge is -2.42. The number of carbonyl (C=O) groups is 1. The number of aryl methyl sites for hydroxylation is 1. The van der Waals surface area contributed by atoms with Crippen LogP contribution in [0.2, 0.25) is 0 Å². The molecule has 0 spiro atoms. The number of amides is 1. The Balaban J connectivity index is 2.06. The maximum Gasteiger partial charge on any atom is 0.237 e. The summed E-state index contributed by atoms with van der Waals surface area (Å²) < 4.78 is 30.3. The zero-order valence-corrected chi connectivity index (χ0v) is 14.8. The molecule has 0 bridgehead atoms. The third kappa shape index (κ3) is 5.27. The van der Waals surface area contributed by atoms with Gasteiger partial charge in [0.1, 0.15) is 5.60 Å². The Morgan fingerprint density at radius 3 is 2.83 bits per heavy atom. The molecule has 2 rings (SSSR count). The lowest BCUT2D eigenvalue weighted by molar-refractivity contribution is -0.156. The molecule has 24 heavy (non-hydrogen) atoms. The van der Waals surface area contributed by atoms with Gasteiger partial charge in [0.25, 0.3) is 0 Å². The molecule has 1 aliphatic rings. The zero-order valence-electron chi connectivity index (χ0n) is 14.0. The van der Waals surface area contributed by atoms with Crippen molar-refractivity contribution < 1.29 is 23.1 Å². The Labute approximate surface area is 142 Å². The Bertz CT molecular complexity index is 691. The first-order valence-corrected chi connectivity index (χ1v) is 9.65. The normalized spacial score (nSPS) is 21.7. The van der Waals surface area contributed by atoms with Gasteiger partial charge < -0.3 is 14.7 Å². The molecule has 1 saturated heterocycles. The summed E-state index contributed by atoms with van der Waals surface area (Å²) in [5, 5.41) is 9.86. The highest BCUT2D eigenvalue weighted by Crippen LogP contribution is 2.23. The minimum absolute atomic E-state index is 0.218. The van der Waals surface area contributed by atoms with Gasteiger partial charge in [0.2, 0.25) is 15.9 Å². The number of hydrogen-bond donors (Lipinski definition) is 2. The third-order valence-corrected chi connectivity index (χ3v) is 4.65. The fourth-order valence-corrected chi connectivity index (χ4v) is 3.20. The summed E-state index contributed by atoms with van der Waals surface area (Å²) in [4.78, 5) is 13.8. The highest BCUT2D eigenvalue weighted by Gasteiger charge is 2.38. The van der Waals surface area contributed by atoms with Gasteiger partial charge in [-0.2, -0.15) is 0 Å². The minimum Gasteiger partial charge on any atom is -0.393 e. The van der Waals surface area contributed by atoms with Gasteiger partial charge in [0, 0.05) is 13.0 Å². The number of nitrogens with zero attached hydrogens (tertiary/aromatic N) is 1. The Kier molecular flexibility index (Phi) is 5.97. The molecule has 8 heteroatoms. The van der Waals surface area contributed by atoms with Crippen LogP contribution in [0.15, 0.2) is 24.3 Å². The van der Waals surface area contributed by atoms with Crippen LogP contribution in [0.4, 0.5) is 0 Å². The van der Waals surface area contributed by atoms with Crippen molar-refractivity contribution in [3.05, 3.63) is 35.4 Å². The van der Waals surface area contributed by atoms with E-state index >= 15 is 0 Å². The van der Waals surface area contributed by atoms with E-state index < -0.39 is 15.6 Å². The van der Waals surface area contributed by atoms with Crippen LogP contribution >= 0.6 is 0 Å². The second-order valence-corrected chi connectivity index (χ2v) is 8.10. The smallest absolute Gasteiger partial charge is 0.237 e. The second-order valence-electron chi connectivity index (χ2n) is 6.26. The molecule has 2 N–H and O–H groups in total. The van der Waals surface area contributed by atoms with Crippen LogP contribution in [0.3, 0.4) is 0 Å². The molecule has 1 aromatic rings. The molecule has 0 aliphatic carbocycles. The molecule has 1 amide bonds. The van der Waals surface area contributed by atoms with E-state index in [0.29, 0.717) is 19.6 Å². The predicted molar refractivity (Wildman–Crippen MR) is 90.1 cm³/mol. The van der Waals surface area contributed by atoms with E-state index in [2.05, 4.69) is 4.72 Å². The van der Waals surface area contributed by atoms with Crippen LogP contribution in [0.25, 0.3) is 0 Å². The van der Waals surface area contributed by atoms with Crippen molar-refractivity contribution in [1.82, 2.24) is 9.62 Å². The van der Waals surface area contributed by atoms with E-state index in [9.17, 15) is 18.3 Å². The molecule has 1 heterocycles. The average molecular weight is 356 g/mol. The van der Waals surface area contributed by atoms with E-state index in [4.69, 9.17) is 4.74 Å². The number of rotatable bonds is 6. The molecule has 7 nitrogen and oxygen atoms in total. The number of benzene rings is 1. The molecule has 1 atom stereocenters. The SMILES string of the molecule is Cc1cccc(C[C@]2(CO)CN(C(=O)CNS(C)(=O)=O)CCO2)c1. The van der Waals surface area contributed by atoms with Crippen LogP contribution in [-0.4, -0.2) is 69.0 Å². The van der Waals surface area contributed by atoms with E-state index in [1.807, 2.05) is 31.2 Å². The Morgan fingerprint density at radius 1 is 1.46 bits per heavy atom. The van der Waals surface area contributed by atoms with Crippen LogP contribution in [0, 0.1) is 6.92 Å². The lowest BCUT2D eigenvalue weighted by Crippen LogP contribution is -2.58. The van der Waals surface area contributed by atoms with Crippen molar-refractivity contribution >= 4 is 15.9 Å². The van der Waals surface area contributed by atoms with Crippen molar-refractivity contribution in [2.24, 2.45) is 0 Å². The van der Waals surface area contributed by atoms with E-state index in [1.54, 1.807) is 0 Å². The maximum atomic E-state index is 12.2. The zero-order chi connectivity index (χ0) is 17.8. The predicted octanol–water partition coefficient (Wildman–Crippen LogP) is -0.323. The molecular formula is C16H24N2O5S. The fraction of sp³-hybridized carbons (Fsp3) is 0.562. The summed E-state index contributed by atoms with van der Waals surface area (Å²) in [7, 11) is -3.42. The van der Waals surface area contributed by atoms with Crippen molar-refractivity contribution in [2.75, 3.05) is 39.1 Å². The molecule has 0 saturated carbocycles. The highest BCUT2D eigenvalue weighted by molar-refractivity contribution is 7.88. The van der Waals surface area contributed by atoms with Crippen molar-refractivity contribution in [2.45, 2.75) is 18.9 Å². The van der Waals surface area contributed by atoms with Crippen LogP contribution in [0.1, 0.15) is 11.1 Å². The molecule has 0 radical (unpaired) electrons. The Hall–Kier alpha value is -1.48. The molecular weight excluding hydrogens is 332 g/mol. The number of carbonyl (C=O) groups excluding carboxylic acids is 1. The third-order valence-electron chi connectivity index (χ3n) is 3.98. The number of nitrogens with one attached hydrogen (secondary N) is 1. The van der Waals surface area contributed by atoms with Gasteiger partial charge in [-0.05, 0) is 12.5 Å². The number of morpholine rings is 1. The van der Waals surface area contributed by atoms with Gasteiger partial charge in [-0.15, -0.1) is 0 Å². The molecule has 1 fully saturated rings. The molecule has 0 unspecified atom stereocenters. The summed E-state index contributed by atoms with van der Waals surface area (Å²) in [6.07, 6.45) is 1.49. The van der Waals surface area contributed by atoms with Gasteiger partial charge in [0.05, 0.1) is 32.6 Å². The number of aliphatic hydroxyl groups excluding tert-OH is 1. The minimum atomic E-state index is -3.42. The fourth-order valence-electron chi connectivity index (χ4n) is 2.81. The number of hydrogen-bond acceptors (Lipinski definition) is 5. The van der Waals surface area contributed by atoms with E-state index in [-0.39, 0.29) is 25.6 Å². The van der Waals surface area contributed by atoms with Gasteiger partial charge in [-0.1, -0.05) is 29.8 Å². The Morgan fingerprint density at radius 2 is 2.21 bits per heavy atom. The summed E-state index contributed by atoms with van der Waals surface area (Å²) in [5.74, 6) is -0.328. The molecule has 0 aromatic heterocycles. The molecule has 1 aliphatic heterocycles. The number of aliphatic hydroxyl groups is 1. The summed E-state index contributed by atoms with van der Waals surface area (Å²) >= 11 is 0. The van der Waals surface area contributed by atoms with Gasteiger partial charge in [-0.3, -0.25) is 4.79 Å².